The van der Waals surface area contributed by atoms with Gasteiger partial charge in [-0.25, -0.2) is 13.1 Å². The van der Waals surface area contributed by atoms with Gasteiger partial charge in [-0.05, 0) is 31.0 Å². The Balaban J connectivity index is 3.00. The minimum Gasteiger partial charge on any atom is -0.387 e. The van der Waals surface area contributed by atoms with E-state index in [0.29, 0.717) is 5.56 Å². The van der Waals surface area contributed by atoms with Gasteiger partial charge in [-0.2, -0.15) is 0 Å². The molecule has 106 valence electrons. The van der Waals surface area contributed by atoms with Crippen molar-refractivity contribution in [1.82, 2.24) is 4.72 Å². The fraction of sp³-hybridized carbons (Fsp3) is 0.462. The molecule has 19 heavy (non-hydrogen) atoms. The third-order valence-corrected chi connectivity index (χ3v) is 4.61. The summed E-state index contributed by atoms with van der Waals surface area (Å²) in [4.78, 5) is 0.270. The van der Waals surface area contributed by atoms with Crippen molar-refractivity contribution in [2.75, 3.05) is 6.54 Å². The summed E-state index contributed by atoms with van der Waals surface area (Å²) < 4.78 is 27.0. The maximum absolute atomic E-state index is 12.3. The molecule has 0 spiro atoms. The number of benzene rings is 1. The lowest BCUT2D eigenvalue weighted by Gasteiger charge is -2.23. The molecular weight excluding hydrogens is 262 g/mol. The number of nitrogens with two attached hydrogens (primary N) is 1. The zero-order valence-electron chi connectivity index (χ0n) is 11.7. The SMILES string of the molecule is Cc1ccc(C)c(S(=O)(=O)NCC(C)(C)C(=N)N)c1. The molecule has 0 aromatic heterocycles. The van der Waals surface area contributed by atoms with E-state index in [1.54, 1.807) is 32.9 Å². The fourth-order valence-corrected chi connectivity index (χ4v) is 2.98. The van der Waals surface area contributed by atoms with Crippen LogP contribution in [0.5, 0.6) is 0 Å². The van der Waals surface area contributed by atoms with E-state index in [9.17, 15) is 8.42 Å². The van der Waals surface area contributed by atoms with Crippen molar-refractivity contribution in [2.45, 2.75) is 32.6 Å². The lowest BCUT2D eigenvalue weighted by atomic mass is 9.93. The molecule has 5 nitrogen and oxygen atoms in total. The van der Waals surface area contributed by atoms with Gasteiger partial charge in [0, 0.05) is 12.0 Å². The second-order valence-electron chi connectivity index (χ2n) is 5.39. The topological polar surface area (TPSA) is 96.0 Å². The minimum absolute atomic E-state index is 0.0452. The van der Waals surface area contributed by atoms with Crippen LogP contribution >= 0.6 is 0 Å². The van der Waals surface area contributed by atoms with Crippen LogP contribution in [-0.2, 0) is 10.0 Å². The summed E-state index contributed by atoms with van der Waals surface area (Å²) in [5.41, 5.74) is 6.32. The van der Waals surface area contributed by atoms with E-state index in [0.717, 1.165) is 5.56 Å². The molecule has 0 aliphatic carbocycles. The van der Waals surface area contributed by atoms with Gasteiger partial charge in [0.05, 0.1) is 10.7 Å². The van der Waals surface area contributed by atoms with Crippen LogP contribution in [0, 0.1) is 24.7 Å². The van der Waals surface area contributed by atoms with Crippen molar-refractivity contribution in [3.05, 3.63) is 29.3 Å². The first-order valence-corrected chi connectivity index (χ1v) is 7.46. The van der Waals surface area contributed by atoms with Crippen LogP contribution in [0.4, 0.5) is 0 Å². The molecule has 0 heterocycles. The van der Waals surface area contributed by atoms with Crippen LogP contribution in [0.2, 0.25) is 0 Å². The predicted octanol–water partition coefficient (Wildman–Crippen LogP) is 1.54. The summed E-state index contributed by atoms with van der Waals surface area (Å²) in [5.74, 6) is -0.0452. The predicted molar refractivity (Wildman–Crippen MR) is 76.8 cm³/mol. The van der Waals surface area contributed by atoms with Crippen molar-refractivity contribution in [3.8, 4) is 0 Å². The van der Waals surface area contributed by atoms with Crippen LogP contribution in [0.25, 0.3) is 0 Å². The van der Waals surface area contributed by atoms with Gasteiger partial charge in [0.15, 0.2) is 0 Å². The average Bonchev–Trinajstić information content (AvgIpc) is 2.30. The number of aryl methyl sites for hydroxylation is 2. The zero-order valence-corrected chi connectivity index (χ0v) is 12.6. The smallest absolute Gasteiger partial charge is 0.240 e. The number of hydrogen-bond donors (Lipinski definition) is 3. The highest BCUT2D eigenvalue weighted by Crippen LogP contribution is 2.19. The van der Waals surface area contributed by atoms with Crippen LogP contribution in [-0.4, -0.2) is 20.8 Å². The van der Waals surface area contributed by atoms with Crippen LogP contribution in [0.3, 0.4) is 0 Å². The maximum atomic E-state index is 12.3. The molecule has 0 atom stereocenters. The van der Waals surface area contributed by atoms with Gasteiger partial charge in [0.2, 0.25) is 10.0 Å². The summed E-state index contributed by atoms with van der Waals surface area (Å²) in [6, 6.07) is 5.28. The van der Waals surface area contributed by atoms with Crippen molar-refractivity contribution in [2.24, 2.45) is 11.1 Å². The minimum atomic E-state index is -3.58. The lowest BCUT2D eigenvalue weighted by Crippen LogP contribution is -2.42. The van der Waals surface area contributed by atoms with E-state index in [4.69, 9.17) is 11.1 Å². The van der Waals surface area contributed by atoms with Crippen molar-refractivity contribution < 1.29 is 8.42 Å². The standard InChI is InChI=1S/C13H21N3O2S/c1-9-5-6-10(2)11(7-9)19(17,18)16-8-13(3,4)12(14)15/h5-7,16H,8H2,1-4H3,(H3,14,15). The second-order valence-corrected chi connectivity index (χ2v) is 7.13. The Hall–Kier alpha value is -1.40. The Morgan fingerprint density at radius 3 is 2.47 bits per heavy atom. The maximum Gasteiger partial charge on any atom is 0.240 e. The van der Waals surface area contributed by atoms with E-state index in [1.165, 1.54) is 0 Å². The van der Waals surface area contributed by atoms with E-state index in [-0.39, 0.29) is 17.3 Å². The molecule has 0 saturated carbocycles. The molecule has 0 fully saturated rings. The van der Waals surface area contributed by atoms with Gasteiger partial charge >= 0.3 is 0 Å². The van der Waals surface area contributed by atoms with Gasteiger partial charge in [-0.3, -0.25) is 5.41 Å². The average molecular weight is 283 g/mol. The monoisotopic (exact) mass is 283 g/mol. The Kier molecular flexibility index (Phi) is 4.37. The fourth-order valence-electron chi connectivity index (χ4n) is 1.45. The Bertz CT molecular complexity index is 592. The molecule has 0 radical (unpaired) electrons. The van der Waals surface area contributed by atoms with Crippen molar-refractivity contribution in [3.63, 3.8) is 0 Å². The summed E-state index contributed by atoms with van der Waals surface area (Å²) >= 11 is 0. The summed E-state index contributed by atoms with van der Waals surface area (Å²) in [6.07, 6.45) is 0. The summed E-state index contributed by atoms with van der Waals surface area (Å²) in [7, 11) is -3.58. The number of sulfonamides is 1. The molecule has 1 aromatic rings. The van der Waals surface area contributed by atoms with Gasteiger partial charge in [0.1, 0.15) is 0 Å². The molecule has 0 amide bonds. The third-order valence-electron chi connectivity index (χ3n) is 3.07. The zero-order chi connectivity index (χ0) is 14.8. The summed E-state index contributed by atoms with van der Waals surface area (Å²) in [5, 5.41) is 7.43. The highest BCUT2D eigenvalue weighted by atomic mass is 32.2. The first-order valence-electron chi connectivity index (χ1n) is 5.98. The third kappa shape index (κ3) is 3.78. The van der Waals surface area contributed by atoms with E-state index < -0.39 is 15.4 Å². The molecular formula is C13H21N3O2S. The van der Waals surface area contributed by atoms with Crippen molar-refractivity contribution >= 4 is 15.9 Å². The molecule has 0 aliphatic heterocycles. The normalized spacial score (nSPS) is 12.4. The van der Waals surface area contributed by atoms with Crippen LogP contribution < -0.4 is 10.5 Å². The number of nitrogens with one attached hydrogen (secondary N) is 2. The Labute approximate surface area is 114 Å². The van der Waals surface area contributed by atoms with Gasteiger partial charge in [-0.15, -0.1) is 0 Å². The Morgan fingerprint density at radius 2 is 1.95 bits per heavy atom. The summed E-state index contributed by atoms with van der Waals surface area (Å²) in [6.45, 7) is 7.14. The van der Waals surface area contributed by atoms with Gasteiger partial charge < -0.3 is 5.73 Å². The first-order chi connectivity index (χ1) is 8.56. The molecule has 1 rings (SSSR count). The number of hydrogen-bond acceptors (Lipinski definition) is 3. The highest BCUT2D eigenvalue weighted by Gasteiger charge is 2.25. The molecule has 1 aromatic carbocycles. The molecule has 0 bridgehead atoms. The van der Waals surface area contributed by atoms with E-state index in [2.05, 4.69) is 4.72 Å². The second kappa shape index (κ2) is 5.30. The molecule has 0 unspecified atom stereocenters. The Morgan fingerprint density at radius 1 is 1.37 bits per heavy atom. The highest BCUT2D eigenvalue weighted by molar-refractivity contribution is 7.89. The number of rotatable bonds is 5. The van der Waals surface area contributed by atoms with Gasteiger partial charge in [0.25, 0.3) is 0 Å². The molecule has 6 heteroatoms. The molecule has 0 saturated heterocycles. The molecule has 0 aliphatic rings. The quantitative estimate of drug-likeness (QED) is 0.565. The first kappa shape index (κ1) is 15.7. The van der Waals surface area contributed by atoms with E-state index in [1.807, 2.05) is 13.0 Å². The number of amidine groups is 1. The largest absolute Gasteiger partial charge is 0.387 e. The van der Waals surface area contributed by atoms with Crippen molar-refractivity contribution in [1.29, 1.82) is 5.41 Å². The van der Waals surface area contributed by atoms with Gasteiger partial charge in [-0.1, -0.05) is 26.0 Å². The molecule has 4 N–H and O–H groups in total. The van der Waals surface area contributed by atoms with Crippen LogP contribution in [0.15, 0.2) is 23.1 Å². The van der Waals surface area contributed by atoms with Crippen LogP contribution in [0.1, 0.15) is 25.0 Å². The lowest BCUT2D eigenvalue weighted by molar-refractivity contribution is 0.493. The van der Waals surface area contributed by atoms with E-state index >= 15 is 0 Å².